The quantitative estimate of drug-likeness (QED) is 0.606. The van der Waals surface area contributed by atoms with Crippen molar-refractivity contribution in [2.24, 2.45) is 0 Å². The molecule has 0 bridgehead atoms. The predicted molar refractivity (Wildman–Crippen MR) is 108 cm³/mol. The van der Waals surface area contributed by atoms with E-state index in [1.54, 1.807) is 24.3 Å². The lowest BCUT2D eigenvalue weighted by Crippen LogP contribution is -2.07. The standard InChI is InChI=1S/C19H17ClN2O4S/c1-24-13-9-11(10-14(25-2)18(13)26-3)7-8-16(23)21-19-22-17-12(20)5-4-6-15(17)27-19/h4-10H,1-3H3,(H,21,22,23)/b8-7+. The molecule has 8 heteroatoms. The number of aromatic nitrogens is 1. The first-order valence-electron chi connectivity index (χ1n) is 7.90. The van der Waals surface area contributed by atoms with Crippen molar-refractivity contribution >= 4 is 50.3 Å². The molecule has 0 atom stereocenters. The number of ether oxygens (including phenoxy) is 3. The maximum absolute atomic E-state index is 12.2. The maximum Gasteiger partial charge on any atom is 0.250 e. The minimum absolute atomic E-state index is 0.307. The number of benzene rings is 2. The Morgan fingerprint density at radius 3 is 2.44 bits per heavy atom. The van der Waals surface area contributed by atoms with Crippen molar-refractivity contribution in [1.29, 1.82) is 0 Å². The van der Waals surface area contributed by atoms with Gasteiger partial charge in [-0.05, 0) is 35.9 Å². The van der Waals surface area contributed by atoms with Crippen molar-refractivity contribution in [2.45, 2.75) is 0 Å². The monoisotopic (exact) mass is 404 g/mol. The molecule has 140 valence electrons. The highest BCUT2D eigenvalue weighted by Crippen LogP contribution is 2.38. The number of hydrogen-bond donors (Lipinski definition) is 1. The van der Waals surface area contributed by atoms with Crippen LogP contribution in [0.25, 0.3) is 16.3 Å². The van der Waals surface area contributed by atoms with Gasteiger partial charge >= 0.3 is 0 Å². The van der Waals surface area contributed by atoms with Gasteiger partial charge in [-0.3, -0.25) is 10.1 Å². The first-order chi connectivity index (χ1) is 13.0. The fourth-order valence-corrected chi connectivity index (χ4v) is 3.65. The number of thiazole rings is 1. The van der Waals surface area contributed by atoms with Crippen LogP contribution in [0, 0.1) is 0 Å². The van der Waals surface area contributed by atoms with Crippen molar-refractivity contribution < 1.29 is 19.0 Å². The Labute approximate surface area is 165 Å². The molecule has 0 fully saturated rings. The van der Waals surface area contributed by atoms with Crippen molar-refractivity contribution in [3.63, 3.8) is 0 Å². The van der Waals surface area contributed by atoms with Crippen LogP contribution in [0.15, 0.2) is 36.4 Å². The van der Waals surface area contributed by atoms with Crippen LogP contribution in [0.1, 0.15) is 5.56 Å². The number of anilines is 1. The number of rotatable bonds is 6. The Kier molecular flexibility index (Phi) is 5.83. The summed E-state index contributed by atoms with van der Waals surface area (Å²) in [6, 6.07) is 9.02. The van der Waals surface area contributed by atoms with Gasteiger partial charge in [0.15, 0.2) is 16.6 Å². The van der Waals surface area contributed by atoms with Crippen LogP contribution in [0.3, 0.4) is 0 Å². The first kappa shape index (κ1) is 19.0. The third-order valence-corrected chi connectivity index (χ3v) is 4.96. The number of nitrogens with zero attached hydrogens (tertiary/aromatic N) is 1. The van der Waals surface area contributed by atoms with Crippen LogP contribution in [0.5, 0.6) is 17.2 Å². The number of fused-ring (bicyclic) bond motifs is 1. The van der Waals surface area contributed by atoms with E-state index in [0.717, 1.165) is 10.3 Å². The summed E-state index contributed by atoms with van der Waals surface area (Å²) in [5, 5.41) is 3.78. The Morgan fingerprint density at radius 2 is 1.85 bits per heavy atom. The average Bonchev–Trinajstić information content (AvgIpc) is 3.09. The number of amides is 1. The highest BCUT2D eigenvalue weighted by Gasteiger charge is 2.12. The number of carbonyl (C=O) groups is 1. The summed E-state index contributed by atoms with van der Waals surface area (Å²) in [5.41, 5.74) is 1.40. The Balaban J connectivity index is 1.78. The second kappa shape index (κ2) is 8.28. The normalized spacial score (nSPS) is 11.0. The topological polar surface area (TPSA) is 69.7 Å². The van der Waals surface area contributed by atoms with E-state index in [1.165, 1.54) is 38.7 Å². The molecule has 0 unspecified atom stereocenters. The van der Waals surface area contributed by atoms with Gasteiger partial charge in [-0.1, -0.05) is 29.0 Å². The summed E-state index contributed by atoms with van der Waals surface area (Å²) >= 11 is 7.47. The largest absolute Gasteiger partial charge is 0.493 e. The second-order valence-electron chi connectivity index (χ2n) is 5.39. The zero-order valence-electron chi connectivity index (χ0n) is 14.9. The first-order valence-corrected chi connectivity index (χ1v) is 9.09. The fourth-order valence-electron chi connectivity index (χ4n) is 2.48. The van der Waals surface area contributed by atoms with Gasteiger partial charge in [-0.2, -0.15) is 0 Å². The van der Waals surface area contributed by atoms with E-state index in [-0.39, 0.29) is 5.91 Å². The van der Waals surface area contributed by atoms with Crippen molar-refractivity contribution in [3.8, 4) is 17.2 Å². The van der Waals surface area contributed by atoms with Gasteiger partial charge in [0.25, 0.3) is 0 Å². The van der Waals surface area contributed by atoms with E-state index in [0.29, 0.717) is 32.9 Å². The van der Waals surface area contributed by atoms with Gasteiger partial charge in [-0.15, -0.1) is 0 Å². The van der Waals surface area contributed by atoms with Crippen LogP contribution in [-0.2, 0) is 4.79 Å². The van der Waals surface area contributed by atoms with Crippen molar-refractivity contribution in [1.82, 2.24) is 4.98 Å². The summed E-state index contributed by atoms with van der Waals surface area (Å²) in [4.78, 5) is 16.6. The van der Waals surface area contributed by atoms with Crippen LogP contribution >= 0.6 is 22.9 Å². The highest BCUT2D eigenvalue weighted by atomic mass is 35.5. The van der Waals surface area contributed by atoms with Gasteiger partial charge in [0.1, 0.15) is 5.52 Å². The van der Waals surface area contributed by atoms with Gasteiger partial charge in [-0.25, -0.2) is 4.98 Å². The van der Waals surface area contributed by atoms with Crippen LogP contribution in [0.2, 0.25) is 5.02 Å². The molecule has 1 heterocycles. The molecule has 0 saturated heterocycles. The number of carbonyl (C=O) groups excluding carboxylic acids is 1. The molecule has 6 nitrogen and oxygen atoms in total. The predicted octanol–water partition coefficient (Wildman–Crippen LogP) is 4.63. The minimum Gasteiger partial charge on any atom is -0.493 e. The molecule has 1 N–H and O–H groups in total. The van der Waals surface area contributed by atoms with E-state index in [2.05, 4.69) is 10.3 Å². The van der Waals surface area contributed by atoms with Crippen LogP contribution in [-0.4, -0.2) is 32.2 Å². The highest BCUT2D eigenvalue weighted by molar-refractivity contribution is 7.22. The zero-order chi connectivity index (χ0) is 19.4. The SMILES string of the molecule is COc1cc(/C=C/C(=O)Nc2nc3c(Cl)cccc3s2)cc(OC)c1OC. The molecule has 0 spiro atoms. The number of para-hydroxylation sites is 1. The second-order valence-corrected chi connectivity index (χ2v) is 6.82. The molecular formula is C19H17ClN2O4S. The van der Waals surface area contributed by atoms with Crippen molar-refractivity contribution in [3.05, 3.63) is 47.0 Å². The summed E-state index contributed by atoms with van der Waals surface area (Å²) < 4.78 is 16.8. The average molecular weight is 405 g/mol. The smallest absolute Gasteiger partial charge is 0.250 e. The number of halogens is 1. The summed E-state index contributed by atoms with van der Waals surface area (Å²) in [7, 11) is 4.61. The maximum atomic E-state index is 12.2. The molecule has 0 radical (unpaired) electrons. The molecule has 0 saturated carbocycles. The number of nitrogens with one attached hydrogen (secondary N) is 1. The van der Waals surface area contributed by atoms with Gasteiger partial charge < -0.3 is 14.2 Å². The van der Waals surface area contributed by atoms with E-state index >= 15 is 0 Å². The lowest BCUT2D eigenvalue weighted by atomic mass is 10.1. The third kappa shape index (κ3) is 4.15. The van der Waals surface area contributed by atoms with Gasteiger partial charge in [0, 0.05) is 6.08 Å². The molecule has 0 aliphatic heterocycles. The lowest BCUT2D eigenvalue weighted by Gasteiger charge is -2.12. The van der Waals surface area contributed by atoms with E-state index < -0.39 is 0 Å². The Morgan fingerprint density at radius 1 is 1.15 bits per heavy atom. The molecule has 1 aromatic heterocycles. The summed E-state index contributed by atoms with van der Waals surface area (Å²) in [6.07, 6.45) is 3.06. The van der Waals surface area contributed by atoms with Crippen LogP contribution < -0.4 is 19.5 Å². The van der Waals surface area contributed by atoms with Gasteiger partial charge in [0.2, 0.25) is 11.7 Å². The molecule has 2 aromatic carbocycles. The molecule has 0 aliphatic carbocycles. The number of methoxy groups -OCH3 is 3. The van der Waals surface area contributed by atoms with Crippen LogP contribution in [0.4, 0.5) is 5.13 Å². The molecule has 1 amide bonds. The third-order valence-electron chi connectivity index (χ3n) is 3.71. The minimum atomic E-state index is -0.307. The van der Waals surface area contributed by atoms with E-state index in [9.17, 15) is 4.79 Å². The summed E-state index contributed by atoms with van der Waals surface area (Å²) in [6.45, 7) is 0. The molecule has 27 heavy (non-hydrogen) atoms. The van der Waals surface area contributed by atoms with E-state index in [1.807, 2.05) is 12.1 Å². The lowest BCUT2D eigenvalue weighted by molar-refractivity contribution is -0.111. The Hall–Kier alpha value is -2.77. The number of hydrogen-bond acceptors (Lipinski definition) is 6. The molecule has 3 aromatic rings. The van der Waals surface area contributed by atoms with E-state index in [4.69, 9.17) is 25.8 Å². The zero-order valence-corrected chi connectivity index (χ0v) is 16.5. The molecular weight excluding hydrogens is 388 g/mol. The fraction of sp³-hybridized carbons (Fsp3) is 0.158. The molecule has 0 aliphatic rings. The Bertz CT molecular complexity index is 991. The molecule has 3 rings (SSSR count). The van der Waals surface area contributed by atoms with Crippen molar-refractivity contribution in [2.75, 3.05) is 26.6 Å². The summed E-state index contributed by atoms with van der Waals surface area (Å²) in [5.74, 6) is 1.21. The van der Waals surface area contributed by atoms with Gasteiger partial charge in [0.05, 0.1) is 31.1 Å².